The Labute approximate surface area is 154 Å². The molecule has 3 heterocycles. The predicted molar refractivity (Wildman–Crippen MR) is 99.3 cm³/mol. The lowest BCUT2D eigenvalue weighted by atomic mass is 10.2. The van der Waals surface area contributed by atoms with Gasteiger partial charge in [-0.2, -0.15) is 0 Å². The van der Waals surface area contributed by atoms with Gasteiger partial charge in [-0.25, -0.2) is 9.37 Å². The van der Waals surface area contributed by atoms with E-state index in [2.05, 4.69) is 36.2 Å². The van der Waals surface area contributed by atoms with Gasteiger partial charge >= 0.3 is 0 Å². The molecular weight excluding hydrogens is 407 g/mol. The number of anilines is 1. The Balaban J connectivity index is 1.58. The van der Waals surface area contributed by atoms with Gasteiger partial charge in [0.1, 0.15) is 17.2 Å². The third kappa shape index (κ3) is 3.18. The summed E-state index contributed by atoms with van der Waals surface area (Å²) in [6.45, 7) is 0. The van der Waals surface area contributed by atoms with E-state index in [9.17, 15) is 9.18 Å². The molecule has 25 heavy (non-hydrogen) atoms. The zero-order valence-corrected chi connectivity index (χ0v) is 15.0. The van der Waals surface area contributed by atoms with Crippen LogP contribution in [0.15, 0.2) is 52.4 Å². The topological polar surface area (TPSA) is 70.7 Å². The monoisotopic (exact) mass is 416 g/mol. The molecule has 4 aromatic rings. The molecule has 0 radical (unpaired) electrons. The van der Waals surface area contributed by atoms with Gasteiger partial charge in [-0.05, 0) is 30.3 Å². The lowest BCUT2D eigenvalue weighted by Crippen LogP contribution is -2.11. The van der Waals surface area contributed by atoms with Gasteiger partial charge in [0, 0.05) is 21.4 Å². The van der Waals surface area contributed by atoms with Gasteiger partial charge in [0.25, 0.3) is 5.91 Å². The van der Waals surface area contributed by atoms with Crippen LogP contribution in [-0.2, 0) is 0 Å². The maximum absolute atomic E-state index is 13.9. The normalized spacial score (nSPS) is 11.0. The zero-order chi connectivity index (χ0) is 17.4. The highest BCUT2D eigenvalue weighted by atomic mass is 79.9. The molecule has 4 rings (SSSR count). The van der Waals surface area contributed by atoms with Crippen LogP contribution in [0.2, 0.25) is 0 Å². The molecule has 0 saturated heterocycles. The largest absolute Gasteiger partial charge is 0.350 e. The van der Waals surface area contributed by atoms with E-state index in [-0.39, 0.29) is 11.6 Å². The highest BCUT2D eigenvalue weighted by molar-refractivity contribution is 9.10. The third-order valence-corrected chi connectivity index (χ3v) is 4.76. The number of nitrogens with one attached hydrogen (secondary N) is 2. The van der Waals surface area contributed by atoms with E-state index in [1.807, 2.05) is 23.6 Å². The van der Waals surface area contributed by atoms with Crippen molar-refractivity contribution in [2.45, 2.75) is 0 Å². The number of fused-ring (bicyclic) bond motifs is 1. The number of amides is 1. The molecule has 1 amide bonds. The number of carbonyl (C=O) groups is 1. The molecule has 5 nitrogen and oxygen atoms in total. The fourth-order valence-electron chi connectivity index (χ4n) is 2.41. The van der Waals surface area contributed by atoms with E-state index in [4.69, 9.17) is 0 Å². The average Bonchev–Trinajstić information content (AvgIpc) is 3.22. The van der Waals surface area contributed by atoms with Crippen molar-refractivity contribution in [2.24, 2.45) is 0 Å². The minimum absolute atomic E-state index is 0.265. The van der Waals surface area contributed by atoms with Gasteiger partial charge in [0.15, 0.2) is 5.13 Å². The number of hydrogen-bond donors (Lipinski definition) is 2. The van der Waals surface area contributed by atoms with Crippen molar-refractivity contribution in [1.82, 2.24) is 15.0 Å². The highest BCUT2D eigenvalue weighted by Crippen LogP contribution is 2.26. The molecule has 0 spiro atoms. The molecule has 3 aromatic heterocycles. The summed E-state index contributed by atoms with van der Waals surface area (Å²) in [5.74, 6) is -0.778. The van der Waals surface area contributed by atoms with E-state index in [1.54, 1.807) is 12.3 Å². The number of halogens is 2. The van der Waals surface area contributed by atoms with Gasteiger partial charge in [0.2, 0.25) is 0 Å². The van der Waals surface area contributed by atoms with Gasteiger partial charge in [0.05, 0.1) is 11.2 Å². The SMILES string of the molecule is O=C(Nc1nc(-c2ccccn2)cs1)c1cc2c(F)cc(Br)cc2[nH]1. The maximum Gasteiger partial charge on any atom is 0.273 e. The van der Waals surface area contributed by atoms with Crippen LogP contribution in [0.5, 0.6) is 0 Å². The van der Waals surface area contributed by atoms with Crippen LogP contribution in [-0.4, -0.2) is 20.9 Å². The second-order valence-corrected chi connectivity index (χ2v) is 7.01. The molecule has 0 aliphatic carbocycles. The summed E-state index contributed by atoms with van der Waals surface area (Å²) in [5.41, 5.74) is 2.23. The Morgan fingerprint density at radius 3 is 2.92 bits per heavy atom. The van der Waals surface area contributed by atoms with E-state index < -0.39 is 5.82 Å². The Hall–Kier alpha value is -2.58. The molecule has 0 bridgehead atoms. The summed E-state index contributed by atoms with van der Waals surface area (Å²) in [4.78, 5) is 23.9. The number of aromatic amines is 1. The van der Waals surface area contributed by atoms with E-state index in [0.29, 0.717) is 26.2 Å². The summed E-state index contributed by atoms with van der Waals surface area (Å²) in [6, 6.07) is 10.1. The predicted octanol–water partition coefficient (Wildman–Crippen LogP) is 4.84. The van der Waals surface area contributed by atoms with Crippen molar-refractivity contribution in [3.63, 3.8) is 0 Å². The Kier molecular flexibility index (Phi) is 4.06. The number of nitrogens with zero attached hydrogens (tertiary/aromatic N) is 2. The lowest BCUT2D eigenvalue weighted by Gasteiger charge is -1.98. The molecule has 1 aromatic carbocycles. The molecule has 0 aliphatic heterocycles. The van der Waals surface area contributed by atoms with Crippen molar-refractivity contribution >= 4 is 49.2 Å². The zero-order valence-electron chi connectivity index (χ0n) is 12.6. The van der Waals surface area contributed by atoms with Crippen LogP contribution in [0.4, 0.5) is 9.52 Å². The number of benzene rings is 1. The fourth-order valence-corrected chi connectivity index (χ4v) is 3.54. The number of H-pyrrole nitrogens is 1. The summed E-state index contributed by atoms with van der Waals surface area (Å²) in [7, 11) is 0. The van der Waals surface area contributed by atoms with E-state index in [0.717, 1.165) is 5.69 Å². The number of carbonyl (C=O) groups excluding carboxylic acids is 1. The molecule has 0 aliphatic rings. The fraction of sp³-hybridized carbons (Fsp3) is 0. The van der Waals surface area contributed by atoms with E-state index >= 15 is 0 Å². The Bertz CT molecular complexity index is 1080. The van der Waals surface area contributed by atoms with Gasteiger partial charge in [-0.3, -0.25) is 15.1 Å². The van der Waals surface area contributed by atoms with Crippen LogP contribution in [0.3, 0.4) is 0 Å². The first-order chi connectivity index (χ1) is 12.1. The lowest BCUT2D eigenvalue weighted by molar-refractivity contribution is 0.102. The average molecular weight is 417 g/mol. The van der Waals surface area contributed by atoms with Gasteiger partial charge in [-0.1, -0.05) is 22.0 Å². The van der Waals surface area contributed by atoms with Crippen molar-refractivity contribution in [2.75, 3.05) is 5.32 Å². The molecule has 8 heteroatoms. The van der Waals surface area contributed by atoms with Crippen LogP contribution in [0, 0.1) is 5.82 Å². The first-order valence-electron chi connectivity index (χ1n) is 7.26. The summed E-state index contributed by atoms with van der Waals surface area (Å²) < 4.78 is 14.5. The van der Waals surface area contributed by atoms with Crippen LogP contribution in [0.25, 0.3) is 22.3 Å². The van der Waals surface area contributed by atoms with Crippen LogP contribution in [0.1, 0.15) is 10.5 Å². The molecular formula is C17H10BrFN4OS. The second kappa shape index (κ2) is 6.38. The van der Waals surface area contributed by atoms with Gasteiger partial charge < -0.3 is 4.98 Å². The summed E-state index contributed by atoms with van der Waals surface area (Å²) in [6.07, 6.45) is 1.68. The molecule has 0 unspecified atom stereocenters. The number of rotatable bonds is 3. The third-order valence-electron chi connectivity index (χ3n) is 3.55. The van der Waals surface area contributed by atoms with E-state index in [1.165, 1.54) is 23.5 Å². The minimum Gasteiger partial charge on any atom is -0.350 e. The summed E-state index contributed by atoms with van der Waals surface area (Å²) >= 11 is 4.53. The minimum atomic E-state index is -0.397. The van der Waals surface area contributed by atoms with Crippen molar-refractivity contribution in [3.8, 4) is 11.4 Å². The maximum atomic E-state index is 13.9. The standard InChI is InChI=1S/C17H10BrFN4OS/c18-9-5-11(19)10-7-14(21-13(10)6-9)16(24)23-17-22-15(8-25-17)12-3-1-2-4-20-12/h1-8,21H,(H,22,23,24). The Morgan fingerprint density at radius 1 is 1.24 bits per heavy atom. The van der Waals surface area contributed by atoms with Crippen molar-refractivity contribution in [1.29, 1.82) is 0 Å². The first kappa shape index (κ1) is 15.9. The second-order valence-electron chi connectivity index (χ2n) is 5.24. The number of pyridine rings is 1. The van der Waals surface area contributed by atoms with Gasteiger partial charge in [-0.15, -0.1) is 11.3 Å². The smallest absolute Gasteiger partial charge is 0.273 e. The molecule has 0 atom stereocenters. The quantitative estimate of drug-likeness (QED) is 0.501. The molecule has 0 saturated carbocycles. The molecule has 124 valence electrons. The first-order valence-corrected chi connectivity index (χ1v) is 8.93. The van der Waals surface area contributed by atoms with Crippen molar-refractivity contribution in [3.05, 3.63) is 64.0 Å². The number of hydrogen-bond acceptors (Lipinski definition) is 4. The van der Waals surface area contributed by atoms with Crippen LogP contribution < -0.4 is 5.32 Å². The summed E-state index contributed by atoms with van der Waals surface area (Å²) in [5, 5.41) is 5.35. The van der Waals surface area contributed by atoms with Crippen LogP contribution >= 0.6 is 27.3 Å². The number of aromatic nitrogens is 3. The highest BCUT2D eigenvalue weighted by Gasteiger charge is 2.15. The Morgan fingerprint density at radius 2 is 2.12 bits per heavy atom. The van der Waals surface area contributed by atoms with Crippen molar-refractivity contribution < 1.29 is 9.18 Å². The number of thiazole rings is 1. The molecule has 0 fully saturated rings. The molecule has 2 N–H and O–H groups in total.